The Morgan fingerprint density at radius 2 is 2.11 bits per heavy atom. The monoisotopic (exact) mass is 313 g/mol. The van der Waals surface area contributed by atoms with Crippen LogP contribution in [0.3, 0.4) is 0 Å². The first kappa shape index (κ1) is 13.7. The highest BCUT2D eigenvalue weighted by Gasteiger charge is 2.34. The van der Waals surface area contributed by atoms with Crippen LogP contribution < -0.4 is 5.32 Å². The largest absolute Gasteiger partial charge is 0.372 e. The quantitative estimate of drug-likeness (QED) is 0.904. The molecule has 1 heterocycles. The van der Waals surface area contributed by atoms with Crippen LogP contribution in [0.2, 0.25) is 0 Å². The fourth-order valence-corrected chi connectivity index (χ4v) is 2.59. The summed E-state index contributed by atoms with van der Waals surface area (Å²) >= 11 is 3.60. The highest BCUT2D eigenvalue weighted by atomic mass is 79.9. The van der Waals surface area contributed by atoms with Gasteiger partial charge in [0, 0.05) is 20.1 Å². The van der Waals surface area contributed by atoms with Crippen LogP contribution in [0.1, 0.15) is 50.5 Å². The Morgan fingerprint density at radius 3 is 2.56 bits per heavy atom. The van der Waals surface area contributed by atoms with Gasteiger partial charge in [-0.2, -0.15) is 0 Å². The van der Waals surface area contributed by atoms with Crippen molar-refractivity contribution in [3.8, 4) is 0 Å². The maximum absolute atomic E-state index is 5.60. The summed E-state index contributed by atoms with van der Waals surface area (Å²) in [6.45, 7) is 4.12. The first-order valence-corrected chi connectivity index (χ1v) is 7.15. The molecule has 0 spiro atoms. The SMILES string of the molecule is CCC(C)(OC)c1nc(NC)c(Br)c(C2CC2)n1. The van der Waals surface area contributed by atoms with Gasteiger partial charge in [-0.1, -0.05) is 6.92 Å². The van der Waals surface area contributed by atoms with Crippen molar-refractivity contribution in [2.75, 3.05) is 19.5 Å². The molecule has 0 amide bonds. The summed E-state index contributed by atoms with van der Waals surface area (Å²) in [6.07, 6.45) is 3.28. The third-order valence-corrected chi connectivity index (χ3v) is 4.46. The van der Waals surface area contributed by atoms with Crippen LogP contribution in [0.5, 0.6) is 0 Å². The van der Waals surface area contributed by atoms with E-state index < -0.39 is 5.60 Å². The van der Waals surface area contributed by atoms with Crippen molar-refractivity contribution in [1.82, 2.24) is 9.97 Å². The Hall–Kier alpha value is -0.680. The van der Waals surface area contributed by atoms with Crippen molar-refractivity contribution in [3.05, 3.63) is 16.0 Å². The molecule has 1 aliphatic rings. The molecular weight excluding hydrogens is 294 g/mol. The zero-order chi connectivity index (χ0) is 13.3. The van der Waals surface area contributed by atoms with Gasteiger partial charge in [0.2, 0.25) is 0 Å². The number of nitrogens with zero attached hydrogens (tertiary/aromatic N) is 2. The summed E-state index contributed by atoms with van der Waals surface area (Å²) in [5, 5.41) is 3.13. The smallest absolute Gasteiger partial charge is 0.162 e. The minimum atomic E-state index is -0.421. The van der Waals surface area contributed by atoms with Crippen LogP contribution in [0.4, 0.5) is 5.82 Å². The molecule has 0 bridgehead atoms. The van der Waals surface area contributed by atoms with E-state index in [4.69, 9.17) is 9.72 Å². The lowest BCUT2D eigenvalue weighted by Crippen LogP contribution is -2.27. The van der Waals surface area contributed by atoms with E-state index in [0.717, 1.165) is 28.2 Å². The molecule has 0 radical (unpaired) electrons. The molecule has 1 atom stereocenters. The Morgan fingerprint density at radius 1 is 1.44 bits per heavy atom. The third kappa shape index (κ3) is 2.38. The van der Waals surface area contributed by atoms with Gasteiger partial charge in [0.15, 0.2) is 5.82 Å². The van der Waals surface area contributed by atoms with Gasteiger partial charge in [0.25, 0.3) is 0 Å². The van der Waals surface area contributed by atoms with Crippen molar-refractivity contribution < 1.29 is 4.74 Å². The molecule has 0 aliphatic heterocycles. The second-order valence-corrected chi connectivity index (χ2v) is 5.70. The van der Waals surface area contributed by atoms with Gasteiger partial charge >= 0.3 is 0 Å². The number of halogens is 1. The van der Waals surface area contributed by atoms with E-state index in [0.29, 0.717) is 5.92 Å². The molecule has 0 saturated heterocycles. The molecule has 1 unspecified atom stereocenters. The summed E-state index contributed by atoms with van der Waals surface area (Å²) in [5.74, 6) is 2.19. The number of hydrogen-bond donors (Lipinski definition) is 1. The van der Waals surface area contributed by atoms with Crippen LogP contribution in [0.15, 0.2) is 4.47 Å². The predicted molar refractivity (Wildman–Crippen MR) is 75.9 cm³/mol. The molecule has 0 aromatic carbocycles. The molecule has 1 aliphatic carbocycles. The van der Waals surface area contributed by atoms with Crippen LogP contribution in [-0.4, -0.2) is 24.1 Å². The van der Waals surface area contributed by atoms with Gasteiger partial charge < -0.3 is 10.1 Å². The average molecular weight is 314 g/mol. The van der Waals surface area contributed by atoms with Gasteiger partial charge in [-0.15, -0.1) is 0 Å². The molecule has 4 nitrogen and oxygen atoms in total. The lowest BCUT2D eigenvalue weighted by molar-refractivity contribution is -0.00906. The zero-order valence-corrected chi connectivity index (χ0v) is 13.0. The number of methoxy groups -OCH3 is 1. The average Bonchev–Trinajstić information content (AvgIpc) is 3.22. The van der Waals surface area contributed by atoms with Crippen LogP contribution >= 0.6 is 15.9 Å². The molecule has 1 fully saturated rings. The molecule has 1 aromatic rings. The van der Waals surface area contributed by atoms with Crippen molar-refractivity contribution in [1.29, 1.82) is 0 Å². The topological polar surface area (TPSA) is 47.0 Å². The Bertz CT molecular complexity index is 442. The molecule has 2 rings (SSSR count). The summed E-state index contributed by atoms with van der Waals surface area (Å²) in [4.78, 5) is 9.31. The molecule has 100 valence electrons. The Labute approximate surface area is 117 Å². The van der Waals surface area contributed by atoms with Gasteiger partial charge in [0.05, 0.1) is 10.2 Å². The van der Waals surface area contributed by atoms with Gasteiger partial charge in [0.1, 0.15) is 11.4 Å². The number of aromatic nitrogens is 2. The van der Waals surface area contributed by atoms with Crippen LogP contribution in [0.25, 0.3) is 0 Å². The van der Waals surface area contributed by atoms with E-state index in [-0.39, 0.29) is 0 Å². The second-order valence-electron chi connectivity index (χ2n) is 4.91. The predicted octanol–water partition coefficient (Wildman–Crippen LogP) is 3.43. The molecule has 1 N–H and O–H groups in total. The summed E-state index contributed by atoms with van der Waals surface area (Å²) in [5.41, 5.74) is 0.691. The Kier molecular flexibility index (Phi) is 3.92. The van der Waals surface area contributed by atoms with E-state index in [1.807, 2.05) is 14.0 Å². The van der Waals surface area contributed by atoms with Gasteiger partial charge in [-0.3, -0.25) is 0 Å². The van der Waals surface area contributed by atoms with Crippen LogP contribution in [-0.2, 0) is 10.3 Å². The minimum Gasteiger partial charge on any atom is -0.372 e. The van der Waals surface area contributed by atoms with Crippen molar-refractivity contribution in [3.63, 3.8) is 0 Å². The maximum atomic E-state index is 5.60. The first-order valence-electron chi connectivity index (χ1n) is 6.36. The summed E-state index contributed by atoms with van der Waals surface area (Å²) < 4.78 is 6.59. The number of hydrogen-bond acceptors (Lipinski definition) is 4. The molecule has 18 heavy (non-hydrogen) atoms. The lowest BCUT2D eigenvalue weighted by atomic mass is 10.0. The van der Waals surface area contributed by atoms with Crippen molar-refractivity contribution in [2.24, 2.45) is 0 Å². The second kappa shape index (κ2) is 5.13. The summed E-state index contributed by atoms with van der Waals surface area (Å²) in [6, 6.07) is 0. The number of ether oxygens (including phenoxy) is 1. The summed E-state index contributed by atoms with van der Waals surface area (Å²) in [7, 11) is 3.59. The Balaban J connectivity index is 2.51. The molecule has 1 aromatic heterocycles. The van der Waals surface area contributed by atoms with Gasteiger partial charge in [-0.05, 0) is 42.1 Å². The van der Waals surface area contributed by atoms with Crippen molar-refractivity contribution in [2.45, 2.75) is 44.6 Å². The number of rotatable bonds is 5. The fourth-order valence-electron chi connectivity index (χ4n) is 1.89. The zero-order valence-electron chi connectivity index (χ0n) is 11.4. The molecule has 5 heteroatoms. The number of anilines is 1. The molecule has 1 saturated carbocycles. The first-order chi connectivity index (χ1) is 8.55. The standard InChI is InChI=1S/C13H20BrN3O/c1-5-13(2,18-4)12-16-10(8-6-7-8)9(14)11(15-3)17-12/h8H,5-7H2,1-4H3,(H,15,16,17). The van der Waals surface area contributed by atoms with Gasteiger partial charge in [-0.25, -0.2) is 9.97 Å². The van der Waals surface area contributed by atoms with E-state index in [1.54, 1.807) is 7.11 Å². The van der Waals surface area contributed by atoms with E-state index >= 15 is 0 Å². The normalized spacial score (nSPS) is 18.5. The minimum absolute atomic E-state index is 0.421. The van der Waals surface area contributed by atoms with E-state index in [2.05, 4.69) is 33.2 Å². The molecular formula is C13H20BrN3O. The fraction of sp³-hybridized carbons (Fsp3) is 0.692. The van der Waals surface area contributed by atoms with Crippen molar-refractivity contribution >= 4 is 21.7 Å². The maximum Gasteiger partial charge on any atom is 0.162 e. The highest BCUT2D eigenvalue weighted by Crippen LogP contribution is 2.44. The highest BCUT2D eigenvalue weighted by molar-refractivity contribution is 9.10. The third-order valence-electron chi connectivity index (χ3n) is 3.68. The lowest BCUT2D eigenvalue weighted by Gasteiger charge is -2.26. The van der Waals surface area contributed by atoms with E-state index in [9.17, 15) is 0 Å². The number of nitrogens with one attached hydrogen (secondary N) is 1. The van der Waals surface area contributed by atoms with E-state index in [1.165, 1.54) is 12.8 Å². The van der Waals surface area contributed by atoms with Crippen LogP contribution in [0, 0.1) is 0 Å².